The van der Waals surface area contributed by atoms with Gasteiger partial charge in [-0.2, -0.15) is 0 Å². The van der Waals surface area contributed by atoms with E-state index in [9.17, 15) is 14.7 Å². The maximum Gasteiger partial charge on any atom is 0.313 e. The standard InChI is InChI=1S/C20H27NO5/c1-25-14-19(18(23)24)11-12-21(13-19)17(22)20(9-3-4-10-20)15-5-7-16(26-2)8-6-15/h5-8H,3-4,9-14H2,1-2H3,(H,23,24). The second-order valence-corrected chi connectivity index (χ2v) is 7.51. The van der Waals surface area contributed by atoms with E-state index < -0.39 is 16.8 Å². The Bertz CT molecular complexity index is 665. The van der Waals surface area contributed by atoms with E-state index in [1.165, 1.54) is 7.11 Å². The van der Waals surface area contributed by atoms with Crippen molar-refractivity contribution in [3.8, 4) is 5.75 Å². The van der Waals surface area contributed by atoms with Crippen LogP contribution in [0.4, 0.5) is 0 Å². The Morgan fingerprint density at radius 1 is 1.12 bits per heavy atom. The van der Waals surface area contributed by atoms with Crippen LogP contribution in [0.1, 0.15) is 37.7 Å². The van der Waals surface area contributed by atoms with E-state index in [-0.39, 0.29) is 19.1 Å². The van der Waals surface area contributed by atoms with Gasteiger partial charge in [-0.1, -0.05) is 25.0 Å². The number of nitrogens with zero attached hydrogens (tertiary/aromatic N) is 1. The van der Waals surface area contributed by atoms with E-state index in [1.54, 1.807) is 12.0 Å². The van der Waals surface area contributed by atoms with Crippen molar-refractivity contribution in [2.24, 2.45) is 5.41 Å². The first-order chi connectivity index (χ1) is 12.5. The zero-order chi connectivity index (χ0) is 18.8. The van der Waals surface area contributed by atoms with Crippen LogP contribution in [-0.4, -0.2) is 55.8 Å². The van der Waals surface area contributed by atoms with E-state index in [2.05, 4.69) is 0 Å². The number of rotatable bonds is 6. The maximum absolute atomic E-state index is 13.5. The second kappa shape index (κ2) is 7.27. The highest BCUT2D eigenvalue weighted by Crippen LogP contribution is 2.45. The molecule has 26 heavy (non-hydrogen) atoms. The third-order valence-corrected chi connectivity index (χ3v) is 6.02. The molecule has 142 valence electrons. The largest absolute Gasteiger partial charge is 0.497 e. The molecule has 0 radical (unpaired) electrons. The molecule has 1 saturated carbocycles. The van der Waals surface area contributed by atoms with Gasteiger partial charge in [-0.05, 0) is 37.0 Å². The Kier molecular flexibility index (Phi) is 5.23. The molecule has 1 aliphatic heterocycles. The first-order valence-electron chi connectivity index (χ1n) is 9.14. The number of carboxylic acids is 1. The fourth-order valence-electron chi connectivity index (χ4n) is 4.49. The number of aliphatic carboxylic acids is 1. The van der Waals surface area contributed by atoms with Crippen LogP contribution in [0.2, 0.25) is 0 Å². The Labute approximate surface area is 154 Å². The van der Waals surface area contributed by atoms with E-state index in [1.807, 2.05) is 24.3 Å². The molecule has 1 saturated heterocycles. The van der Waals surface area contributed by atoms with Gasteiger partial charge in [-0.25, -0.2) is 0 Å². The molecule has 1 atom stereocenters. The number of carbonyl (C=O) groups excluding carboxylic acids is 1. The number of benzene rings is 1. The SMILES string of the molecule is COCC1(C(=O)O)CCN(C(=O)C2(c3ccc(OC)cc3)CCCC2)C1. The van der Waals surface area contributed by atoms with Crippen LogP contribution >= 0.6 is 0 Å². The van der Waals surface area contributed by atoms with Gasteiger partial charge < -0.3 is 19.5 Å². The lowest BCUT2D eigenvalue weighted by Crippen LogP contribution is -2.47. The average molecular weight is 361 g/mol. The summed E-state index contributed by atoms with van der Waals surface area (Å²) in [6.45, 7) is 0.807. The van der Waals surface area contributed by atoms with Crippen molar-refractivity contribution in [2.75, 3.05) is 33.9 Å². The molecule has 0 bridgehead atoms. The van der Waals surface area contributed by atoms with Gasteiger partial charge in [0.1, 0.15) is 11.2 Å². The molecule has 6 nitrogen and oxygen atoms in total. The monoisotopic (exact) mass is 361 g/mol. The predicted octanol–water partition coefficient (Wildman–Crippen LogP) is 2.46. The molecule has 1 amide bonds. The van der Waals surface area contributed by atoms with Gasteiger partial charge in [-0.3, -0.25) is 9.59 Å². The van der Waals surface area contributed by atoms with Crippen LogP contribution in [0.25, 0.3) is 0 Å². The highest BCUT2D eigenvalue weighted by Gasteiger charge is 2.51. The third-order valence-electron chi connectivity index (χ3n) is 6.02. The first kappa shape index (κ1) is 18.7. The fourth-order valence-corrected chi connectivity index (χ4v) is 4.49. The van der Waals surface area contributed by atoms with Crippen molar-refractivity contribution in [2.45, 2.75) is 37.5 Å². The van der Waals surface area contributed by atoms with Gasteiger partial charge in [0.2, 0.25) is 5.91 Å². The minimum absolute atomic E-state index is 0.0550. The molecule has 6 heteroatoms. The summed E-state index contributed by atoms with van der Waals surface area (Å²) in [7, 11) is 3.13. The zero-order valence-electron chi connectivity index (χ0n) is 15.5. The molecular formula is C20H27NO5. The number of hydrogen-bond donors (Lipinski definition) is 1. The molecule has 1 aromatic carbocycles. The van der Waals surface area contributed by atoms with Crippen molar-refractivity contribution >= 4 is 11.9 Å². The molecule has 0 spiro atoms. The van der Waals surface area contributed by atoms with Gasteiger partial charge in [0, 0.05) is 20.2 Å². The summed E-state index contributed by atoms with van der Waals surface area (Å²) >= 11 is 0. The predicted molar refractivity (Wildman–Crippen MR) is 96.3 cm³/mol. The number of likely N-dealkylation sites (tertiary alicyclic amines) is 1. The Morgan fingerprint density at radius 3 is 2.31 bits per heavy atom. The minimum Gasteiger partial charge on any atom is -0.497 e. The molecule has 1 unspecified atom stereocenters. The van der Waals surface area contributed by atoms with Gasteiger partial charge in [0.05, 0.1) is 19.1 Å². The van der Waals surface area contributed by atoms with Crippen molar-refractivity contribution in [1.82, 2.24) is 4.90 Å². The lowest BCUT2D eigenvalue weighted by atomic mass is 9.77. The van der Waals surface area contributed by atoms with E-state index in [0.717, 1.165) is 37.0 Å². The van der Waals surface area contributed by atoms with Crippen molar-refractivity contribution in [3.05, 3.63) is 29.8 Å². The molecule has 1 aromatic rings. The summed E-state index contributed by atoms with van der Waals surface area (Å²) in [4.78, 5) is 27.0. The highest BCUT2D eigenvalue weighted by atomic mass is 16.5. The minimum atomic E-state index is -0.996. The quantitative estimate of drug-likeness (QED) is 0.842. The number of ether oxygens (including phenoxy) is 2. The summed E-state index contributed by atoms with van der Waals surface area (Å²) in [5, 5.41) is 9.67. The summed E-state index contributed by atoms with van der Waals surface area (Å²) < 4.78 is 10.4. The van der Waals surface area contributed by atoms with Crippen LogP contribution in [0, 0.1) is 5.41 Å². The van der Waals surface area contributed by atoms with E-state index in [4.69, 9.17) is 9.47 Å². The van der Waals surface area contributed by atoms with Crippen LogP contribution in [0.5, 0.6) is 5.75 Å². The van der Waals surface area contributed by atoms with E-state index in [0.29, 0.717) is 13.0 Å². The van der Waals surface area contributed by atoms with E-state index >= 15 is 0 Å². The molecule has 3 rings (SSSR count). The molecular weight excluding hydrogens is 334 g/mol. The summed E-state index contributed by atoms with van der Waals surface area (Å²) in [5.41, 5.74) is -0.543. The van der Waals surface area contributed by atoms with Crippen LogP contribution < -0.4 is 4.74 Å². The first-order valence-corrected chi connectivity index (χ1v) is 9.14. The maximum atomic E-state index is 13.5. The van der Waals surface area contributed by atoms with Gasteiger partial charge >= 0.3 is 5.97 Å². The van der Waals surface area contributed by atoms with Crippen molar-refractivity contribution in [1.29, 1.82) is 0 Å². The second-order valence-electron chi connectivity index (χ2n) is 7.51. The molecule has 1 N–H and O–H groups in total. The molecule has 2 aliphatic rings. The number of carbonyl (C=O) groups is 2. The lowest BCUT2D eigenvalue weighted by molar-refractivity contribution is -0.152. The smallest absolute Gasteiger partial charge is 0.313 e. The van der Waals surface area contributed by atoms with Gasteiger partial charge in [0.15, 0.2) is 0 Å². The number of methoxy groups -OCH3 is 2. The summed E-state index contributed by atoms with van der Waals surface area (Å²) in [5.74, 6) is -0.0699. The topological polar surface area (TPSA) is 76.1 Å². The molecule has 1 heterocycles. The van der Waals surface area contributed by atoms with Gasteiger partial charge in [-0.15, -0.1) is 0 Å². The van der Waals surface area contributed by atoms with Gasteiger partial charge in [0.25, 0.3) is 0 Å². The number of carboxylic acid groups (broad SMARTS) is 1. The molecule has 1 aliphatic carbocycles. The highest BCUT2D eigenvalue weighted by molar-refractivity contribution is 5.90. The zero-order valence-corrected chi connectivity index (χ0v) is 15.5. The Balaban J connectivity index is 1.87. The van der Waals surface area contributed by atoms with Crippen LogP contribution in [-0.2, 0) is 19.7 Å². The van der Waals surface area contributed by atoms with Crippen molar-refractivity contribution < 1.29 is 24.2 Å². The lowest BCUT2D eigenvalue weighted by Gasteiger charge is -2.34. The Hall–Kier alpha value is -2.08. The number of amides is 1. The van der Waals surface area contributed by atoms with Crippen molar-refractivity contribution in [3.63, 3.8) is 0 Å². The summed E-state index contributed by atoms with van der Waals surface area (Å²) in [6, 6.07) is 7.72. The molecule has 2 fully saturated rings. The fraction of sp³-hybridized carbons (Fsp3) is 0.600. The van der Waals surface area contributed by atoms with Crippen LogP contribution in [0.15, 0.2) is 24.3 Å². The molecule has 0 aromatic heterocycles. The Morgan fingerprint density at radius 2 is 1.77 bits per heavy atom. The average Bonchev–Trinajstić information content (AvgIpc) is 3.30. The third kappa shape index (κ3) is 3.07. The normalized spacial score (nSPS) is 24.6. The van der Waals surface area contributed by atoms with Crippen LogP contribution in [0.3, 0.4) is 0 Å². The number of hydrogen-bond acceptors (Lipinski definition) is 4. The summed E-state index contributed by atoms with van der Waals surface area (Å²) in [6.07, 6.45) is 4.06.